The van der Waals surface area contributed by atoms with Crippen molar-refractivity contribution in [2.75, 3.05) is 18.5 Å². The van der Waals surface area contributed by atoms with Crippen molar-refractivity contribution in [3.8, 4) is 5.75 Å². The van der Waals surface area contributed by atoms with E-state index in [4.69, 9.17) is 4.74 Å². The lowest BCUT2D eigenvalue weighted by Crippen LogP contribution is -2.27. The Kier molecular flexibility index (Phi) is 6.19. The van der Waals surface area contributed by atoms with Gasteiger partial charge in [0.25, 0.3) is 15.9 Å². The summed E-state index contributed by atoms with van der Waals surface area (Å²) in [5.74, 6) is 0.423. The van der Waals surface area contributed by atoms with Crippen LogP contribution in [0.3, 0.4) is 0 Å². The van der Waals surface area contributed by atoms with E-state index in [0.717, 1.165) is 5.56 Å². The average Bonchev–Trinajstić information content (AvgIpc) is 2.77. The van der Waals surface area contributed by atoms with Crippen molar-refractivity contribution in [3.63, 3.8) is 0 Å². The molecule has 0 aliphatic rings. The van der Waals surface area contributed by atoms with E-state index < -0.39 is 10.0 Å². The molecule has 0 aliphatic heterocycles. The monoisotopic (exact) mass is 410 g/mol. The van der Waals surface area contributed by atoms with Gasteiger partial charge < -0.3 is 10.1 Å². The second-order valence-corrected chi connectivity index (χ2v) is 8.34. The van der Waals surface area contributed by atoms with Crippen molar-refractivity contribution in [3.05, 3.63) is 90.0 Å². The van der Waals surface area contributed by atoms with Crippen LogP contribution in [0.25, 0.3) is 0 Å². The number of sulfonamides is 1. The number of nitrogens with one attached hydrogen (secondary N) is 1. The molecule has 0 bridgehead atoms. The molecule has 0 unspecified atom stereocenters. The van der Waals surface area contributed by atoms with Crippen molar-refractivity contribution < 1.29 is 17.9 Å². The van der Waals surface area contributed by atoms with Crippen LogP contribution in [0, 0.1) is 0 Å². The van der Waals surface area contributed by atoms with Gasteiger partial charge in [-0.15, -0.1) is 0 Å². The van der Waals surface area contributed by atoms with Gasteiger partial charge in [0.2, 0.25) is 0 Å². The minimum atomic E-state index is -3.71. The molecule has 0 radical (unpaired) electrons. The van der Waals surface area contributed by atoms with E-state index in [9.17, 15) is 13.2 Å². The Bertz CT molecular complexity index is 1100. The van der Waals surface area contributed by atoms with Gasteiger partial charge in [0, 0.05) is 19.2 Å². The topological polar surface area (TPSA) is 75.7 Å². The van der Waals surface area contributed by atoms with E-state index in [1.165, 1.54) is 23.5 Å². The van der Waals surface area contributed by atoms with Gasteiger partial charge in [-0.3, -0.25) is 9.10 Å². The Balaban J connectivity index is 1.75. The van der Waals surface area contributed by atoms with Gasteiger partial charge in [-0.2, -0.15) is 0 Å². The summed E-state index contributed by atoms with van der Waals surface area (Å²) in [6.07, 6.45) is 0. The molecule has 0 saturated carbocycles. The van der Waals surface area contributed by atoms with Crippen LogP contribution in [0.1, 0.15) is 15.9 Å². The second kappa shape index (κ2) is 8.79. The van der Waals surface area contributed by atoms with E-state index in [1.807, 2.05) is 24.3 Å². The number of anilines is 1. The molecule has 0 heterocycles. The SMILES string of the molecule is COc1cccc(CNC(=O)c2cccc(N(C)S(=O)(=O)c3ccccc3)c2)c1. The highest BCUT2D eigenvalue weighted by molar-refractivity contribution is 7.92. The first-order chi connectivity index (χ1) is 13.9. The highest BCUT2D eigenvalue weighted by atomic mass is 32.2. The summed E-state index contributed by atoms with van der Waals surface area (Å²) >= 11 is 0. The molecule has 1 amide bonds. The maximum atomic E-state index is 12.8. The molecule has 0 fully saturated rings. The number of methoxy groups -OCH3 is 1. The predicted octanol–water partition coefficient (Wildman–Crippen LogP) is 3.45. The second-order valence-electron chi connectivity index (χ2n) is 6.37. The fourth-order valence-corrected chi connectivity index (χ4v) is 4.01. The molecule has 0 saturated heterocycles. The van der Waals surface area contributed by atoms with Gasteiger partial charge in [-0.1, -0.05) is 36.4 Å². The van der Waals surface area contributed by atoms with Crippen LogP contribution in [-0.2, 0) is 16.6 Å². The molecule has 29 heavy (non-hydrogen) atoms. The number of ether oxygens (including phenoxy) is 1. The Morgan fingerprint density at radius 2 is 1.69 bits per heavy atom. The number of nitrogens with zero attached hydrogens (tertiary/aromatic N) is 1. The number of carbonyl (C=O) groups excluding carboxylic acids is 1. The fourth-order valence-electron chi connectivity index (χ4n) is 2.80. The minimum Gasteiger partial charge on any atom is -0.497 e. The largest absolute Gasteiger partial charge is 0.497 e. The van der Waals surface area contributed by atoms with Crippen LogP contribution in [-0.4, -0.2) is 28.5 Å². The molecule has 0 aliphatic carbocycles. The van der Waals surface area contributed by atoms with Crippen molar-refractivity contribution in [1.29, 1.82) is 0 Å². The number of benzene rings is 3. The quantitative estimate of drug-likeness (QED) is 0.647. The van der Waals surface area contributed by atoms with Crippen molar-refractivity contribution >= 4 is 21.6 Å². The number of rotatable bonds is 7. The molecule has 150 valence electrons. The summed E-state index contributed by atoms with van der Waals surface area (Å²) in [6.45, 7) is 0.332. The molecule has 0 spiro atoms. The molecule has 3 aromatic rings. The van der Waals surface area contributed by atoms with E-state index in [1.54, 1.807) is 49.6 Å². The van der Waals surface area contributed by atoms with Crippen LogP contribution < -0.4 is 14.4 Å². The number of hydrogen-bond donors (Lipinski definition) is 1. The van der Waals surface area contributed by atoms with Crippen LogP contribution in [0.2, 0.25) is 0 Å². The third-order valence-electron chi connectivity index (χ3n) is 4.46. The normalized spacial score (nSPS) is 11.0. The molecule has 0 aromatic heterocycles. The van der Waals surface area contributed by atoms with Crippen LogP contribution in [0.4, 0.5) is 5.69 Å². The number of hydrogen-bond acceptors (Lipinski definition) is 4. The zero-order chi connectivity index (χ0) is 20.9. The zero-order valence-electron chi connectivity index (χ0n) is 16.2. The van der Waals surface area contributed by atoms with E-state index in [-0.39, 0.29) is 10.8 Å². The van der Waals surface area contributed by atoms with Crippen molar-refractivity contribution in [2.45, 2.75) is 11.4 Å². The maximum absolute atomic E-state index is 12.8. The van der Waals surface area contributed by atoms with E-state index >= 15 is 0 Å². The van der Waals surface area contributed by atoms with Crippen LogP contribution in [0.15, 0.2) is 83.8 Å². The van der Waals surface area contributed by atoms with Gasteiger partial charge in [0.1, 0.15) is 5.75 Å². The number of amides is 1. The molecular formula is C22H22N2O4S. The summed E-state index contributed by atoms with van der Waals surface area (Å²) in [5.41, 5.74) is 1.68. The lowest BCUT2D eigenvalue weighted by atomic mass is 10.1. The zero-order valence-corrected chi connectivity index (χ0v) is 17.0. The van der Waals surface area contributed by atoms with Gasteiger partial charge in [-0.25, -0.2) is 8.42 Å². The first-order valence-electron chi connectivity index (χ1n) is 8.97. The molecule has 1 N–H and O–H groups in total. The average molecular weight is 410 g/mol. The summed E-state index contributed by atoms with van der Waals surface area (Å²) in [5, 5.41) is 2.84. The third-order valence-corrected chi connectivity index (χ3v) is 6.26. The van der Waals surface area contributed by atoms with Crippen molar-refractivity contribution in [1.82, 2.24) is 5.32 Å². The summed E-state index contributed by atoms with van der Waals surface area (Å²) in [6, 6.07) is 22.1. The molecule has 3 rings (SSSR count). The highest BCUT2D eigenvalue weighted by Crippen LogP contribution is 2.23. The summed E-state index contributed by atoms with van der Waals surface area (Å²) in [4.78, 5) is 12.7. The van der Waals surface area contributed by atoms with Crippen LogP contribution in [0.5, 0.6) is 5.75 Å². The fraction of sp³-hybridized carbons (Fsp3) is 0.136. The van der Waals surface area contributed by atoms with E-state index in [2.05, 4.69) is 5.32 Å². The number of carbonyl (C=O) groups is 1. The summed E-state index contributed by atoms with van der Waals surface area (Å²) in [7, 11) is -0.655. The molecular weight excluding hydrogens is 388 g/mol. The molecule has 7 heteroatoms. The summed E-state index contributed by atoms with van der Waals surface area (Å²) < 4.78 is 31.9. The van der Waals surface area contributed by atoms with Gasteiger partial charge >= 0.3 is 0 Å². The molecule has 0 atom stereocenters. The van der Waals surface area contributed by atoms with Gasteiger partial charge in [-0.05, 0) is 48.0 Å². The first-order valence-corrected chi connectivity index (χ1v) is 10.4. The Hall–Kier alpha value is -3.32. The maximum Gasteiger partial charge on any atom is 0.264 e. The third kappa shape index (κ3) is 4.75. The lowest BCUT2D eigenvalue weighted by molar-refractivity contribution is 0.0951. The lowest BCUT2D eigenvalue weighted by Gasteiger charge is -2.20. The standard InChI is InChI=1S/C22H22N2O4S/c1-24(29(26,27)21-12-4-3-5-13-21)19-10-7-9-18(15-19)22(25)23-16-17-8-6-11-20(14-17)28-2/h3-15H,16H2,1-2H3,(H,23,25). The Labute approximate surface area is 170 Å². The van der Waals surface area contributed by atoms with Gasteiger partial charge in [0.05, 0.1) is 17.7 Å². The molecule has 3 aromatic carbocycles. The van der Waals surface area contributed by atoms with Crippen LogP contribution >= 0.6 is 0 Å². The minimum absolute atomic E-state index is 0.190. The van der Waals surface area contributed by atoms with Gasteiger partial charge in [0.15, 0.2) is 0 Å². The molecule has 6 nitrogen and oxygen atoms in total. The Morgan fingerprint density at radius 3 is 2.41 bits per heavy atom. The smallest absolute Gasteiger partial charge is 0.264 e. The Morgan fingerprint density at radius 1 is 0.966 bits per heavy atom. The van der Waals surface area contributed by atoms with E-state index in [0.29, 0.717) is 23.5 Å². The predicted molar refractivity (Wildman–Crippen MR) is 113 cm³/mol. The van der Waals surface area contributed by atoms with Crippen molar-refractivity contribution in [2.24, 2.45) is 0 Å². The first kappa shape index (κ1) is 20.4. The highest BCUT2D eigenvalue weighted by Gasteiger charge is 2.21.